The molecule has 5 rings (SSSR count). The first-order chi connectivity index (χ1) is 22.4. The Morgan fingerprint density at radius 3 is 2.54 bits per heavy atom. The van der Waals surface area contributed by atoms with E-state index in [9.17, 15) is 27.6 Å². The van der Waals surface area contributed by atoms with Crippen molar-refractivity contribution in [2.75, 3.05) is 25.1 Å². The number of likely N-dealkylation sites (tertiary alicyclic amines) is 1. The molecule has 1 fully saturated rings. The van der Waals surface area contributed by atoms with Crippen LogP contribution in [0.4, 0.5) is 23.7 Å². The monoisotopic (exact) mass is 690 g/mol. The highest BCUT2D eigenvalue weighted by Gasteiger charge is 2.40. The van der Waals surface area contributed by atoms with E-state index in [1.54, 1.807) is 36.3 Å². The zero-order chi connectivity index (χ0) is 35.2. The van der Waals surface area contributed by atoms with Gasteiger partial charge in [0.05, 0.1) is 35.1 Å². The zero-order valence-corrected chi connectivity index (χ0v) is 28.4. The number of nitrogens with zero attached hydrogens (tertiary/aromatic N) is 5. The number of halogens is 4. The summed E-state index contributed by atoms with van der Waals surface area (Å²) < 4.78 is 53.3. The summed E-state index contributed by atoms with van der Waals surface area (Å²) in [7, 11) is 0. The smallest absolute Gasteiger partial charge is 0.416 e. The van der Waals surface area contributed by atoms with Crippen molar-refractivity contribution in [2.24, 2.45) is 0 Å². The molecule has 1 aromatic carbocycles. The molecule has 0 bridgehead atoms. The topological polar surface area (TPSA) is 120 Å². The van der Waals surface area contributed by atoms with Gasteiger partial charge >= 0.3 is 12.3 Å². The van der Waals surface area contributed by atoms with Gasteiger partial charge in [-0.3, -0.25) is 14.5 Å². The maximum Gasteiger partial charge on any atom is 0.416 e. The Hall–Kier alpha value is -4.17. The normalized spacial score (nSPS) is 17.6. The van der Waals surface area contributed by atoms with Crippen LogP contribution < -0.4 is 10.9 Å². The number of carbonyl (C=O) groups excluding carboxylic acids is 2. The quantitative estimate of drug-likeness (QED) is 0.319. The molecule has 11 nitrogen and oxygen atoms in total. The van der Waals surface area contributed by atoms with Crippen molar-refractivity contribution in [1.29, 1.82) is 0 Å². The number of aromatic nitrogens is 4. The minimum Gasteiger partial charge on any atom is -0.444 e. The lowest BCUT2D eigenvalue weighted by atomic mass is 9.98. The molecule has 0 radical (unpaired) electrons. The average Bonchev–Trinajstić information content (AvgIpc) is 3.56. The molecule has 1 N–H and O–H groups in total. The van der Waals surface area contributed by atoms with Crippen LogP contribution in [-0.4, -0.2) is 67.0 Å². The van der Waals surface area contributed by atoms with Crippen molar-refractivity contribution in [3.05, 3.63) is 67.9 Å². The van der Waals surface area contributed by atoms with Crippen molar-refractivity contribution in [3.8, 4) is 0 Å². The van der Waals surface area contributed by atoms with E-state index >= 15 is 0 Å². The fourth-order valence-electron chi connectivity index (χ4n) is 5.86. The van der Waals surface area contributed by atoms with E-state index in [0.717, 1.165) is 33.9 Å². The van der Waals surface area contributed by atoms with Gasteiger partial charge in [-0.05, 0) is 89.3 Å². The van der Waals surface area contributed by atoms with Crippen molar-refractivity contribution < 1.29 is 32.2 Å². The lowest BCUT2D eigenvalue weighted by Gasteiger charge is -2.33. The maximum absolute atomic E-state index is 14.1. The van der Waals surface area contributed by atoms with E-state index < -0.39 is 40.4 Å². The van der Waals surface area contributed by atoms with E-state index in [-0.39, 0.29) is 35.1 Å². The number of alkyl halides is 3. The van der Waals surface area contributed by atoms with Crippen LogP contribution in [0, 0.1) is 0 Å². The van der Waals surface area contributed by atoms with Crippen molar-refractivity contribution in [1.82, 2.24) is 24.1 Å². The SMILES string of the molecule is CCc1c(/C=C2/CN(C(=O)OC(C)(C)C)C(C)(C)C2)c(=O)n2nc(C3=CCOCC3)nc2n1CC(=O)Nc1ccc(C(F)(F)F)cc1Cl. The molecule has 2 aromatic heterocycles. The van der Waals surface area contributed by atoms with E-state index in [0.29, 0.717) is 44.0 Å². The number of amides is 2. The highest BCUT2D eigenvalue weighted by atomic mass is 35.5. The Bertz CT molecular complexity index is 1890. The standard InChI is InChI=1S/C33H38ClF3N6O5/c1-7-25-22(14-19-16-32(5,6)42(17-19)30(46)48-31(2,3)4)28(45)43-29(39-27(40-43)20-10-12-47-13-11-20)41(25)18-26(44)38-24-9-8-21(15-23(24)34)33(35,36)37/h8-10,14-15H,7,11-13,16-18H2,1-6H3,(H,38,44)/b19-14+. The molecule has 0 saturated carbocycles. The Balaban J connectivity index is 1.58. The summed E-state index contributed by atoms with van der Waals surface area (Å²) >= 11 is 6.11. The molecule has 0 aliphatic carbocycles. The Morgan fingerprint density at radius 1 is 1.21 bits per heavy atom. The molecule has 15 heteroatoms. The average molecular weight is 691 g/mol. The summed E-state index contributed by atoms with van der Waals surface area (Å²) in [5.74, 6) is -0.166. The number of benzene rings is 1. The van der Waals surface area contributed by atoms with Crippen LogP contribution in [0.2, 0.25) is 5.02 Å². The molecule has 4 heterocycles. The summed E-state index contributed by atoms with van der Waals surface area (Å²) in [4.78, 5) is 46.9. The van der Waals surface area contributed by atoms with Gasteiger partial charge in [0.25, 0.3) is 5.56 Å². The van der Waals surface area contributed by atoms with Gasteiger partial charge in [0.1, 0.15) is 12.1 Å². The molecule has 0 atom stereocenters. The second kappa shape index (κ2) is 13.0. The third-order valence-corrected chi connectivity index (χ3v) is 8.38. The predicted molar refractivity (Wildman–Crippen MR) is 175 cm³/mol. The highest BCUT2D eigenvalue weighted by Crippen LogP contribution is 2.36. The molecule has 0 unspecified atom stereocenters. The van der Waals surface area contributed by atoms with Crippen LogP contribution >= 0.6 is 11.6 Å². The van der Waals surface area contributed by atoms with E-state index in [1.165, 1.54) is 0 Å². The van der Waals surface area contributed by atoms with Gasteiger partial charge in [0, 0.05) is 17.8 Å². The molecule has 1 saturated heterocycles. The zero-order valence-electron chi connectivity index (χ0n) is 27.6. The van der Waals surface area contributed by atoms with Crippen molar-refractivity contribution in [3.63, 3.8) is 0 Å². The second-order valence-corrected chi connectivity index (χ2v) is 13.8. The minimum absolute atomic E-state index is 0.00272. The number of anilines is 1. The molecule has 0 spiro atoms. The van der Waals surface area contributed by atoms with Gasteiger partial charge < -0.3 is 19.4 Å². The van der Waals surface area contributed by atoms with Gasteiger partial charge in [-0.2, -0.15) is 22.7 Å². The molecule has 258 valence electrons. The highest BCUT2D eigenvalue weighted by molar-refractivity contribution is 6.33. The van der Waals surface area contributed by atoms with Crippen molar-refractivity contribution in [2.45, 2.75) is 84.7 Å². The fraction of sp³-hybridized carbons (Fsp3) is 0.485. The first-order valence-corrected chi connectivity index (χ1v) is 15.9. The first kappa shape index (κ1) is 35.1. The Labute approximate surface area is 280 Å². The molecule has 3 aromatic rings. The molecular formula is C33H38ClF3N6O5. The van der Waals surface area contributed by atoms with Gasteiger partial charge in [0.2, 0.25) is 11.7 Å². The third-order valence-electron chi connectivity index (χ3n) is 8.06. The number of ether oxygens (including phenoxy) is 2. The molecule has 48 heavy (non-hydrogen) atoms. The number of hydrogen-bond donors (Lipinski definition) is 1. The van der Waals surface area contributed by atoms with Gasteiger partial charge in [-0.25, -0.2) is 4.79 Å². The van der Waals surface area contributed by atoms with Gasteiger partial charge in [-0.15, -0.1) is 5.10 Å². The molecule has 2 aliphatic heterocycles. The number of carbonyl (C=O) groups is 2. The number of rotatable bonds is 6. The molecular weight excluding hydrogens is 653 g/mol. The van der Waals surface area contributed by atoms with E-state index in [4.69, 9.17) is 21.1 Å². The van der Waals surface area contributed by atoms with Crippen molar-refractivity contribution >= 4 is 46.7 Å². The van der Waals surface area contributed by atoms with E-state index in [2.05, 4.69) is 15.4 Å². The predicted octanol–water partition coefficient (Wildman–Crippen LogP) is 6.37. The first-order valence-electron chi connectivity index (χ1n) is 15.5. The Morgan fingerprint density at radius 2 is 1.94 bits per heavy atom. The van der Waals surface area contributed by atoms with E-state index in [1.807, 2.05) is 26.8 Å². The summed E-state index contributed by atoms with van der Waals surface area (Å²) in [6.45, 7) is 11.8. The van der Waals surface area contributed by atoms with Crippen LogP contribution in [0.25, 0.3) is 17.4 Å². The van der Waals surface area contributed by atoms with Crippen LogP contribution in [0.1, 0.15) is 77.0 Å². The third kappa shape index (κ3) is 7.44. The lowest BCUT2D eigenvalue weighted by Crippen LogP contribution is -2.45. The largest absolute Gasteiger partial charge is 0.444 e. The van der Waals surface area contributed by atoms with Crippen LogP contribution in [-0.2, 0) is 33.4 Å². The number of nitrogens with one attached hydrogen (secondary N) is 1. The summed E-state index contributed by atoms with van der Waals surface area (Å²) in [5.41, 5.74) is -0.324. The second-order valence-electron chi connectivity index (χ2n) is 13.4. The van der Waals surface area contributed by atoms with Crippen LogP contribution in [0.15, 0.2) is 34.6 Å². The molecule has 2 amide bonds. The Kier molecular flexibility index (Phi) is 9.54. The van der Waals surface area contributed by atoms with Gasteiger partial charge in [-0.1, -0.05) is 24.6 Å². The lowest BCUT2D eigenvalue weighted by molar-refractivity contribution is -0.137. The fourth-order valence-corrected chi connectivity index (χ4v) is 6.08. The molecule has 2 aliphatic rings. The summed E-state index contributed by atoms with van der Waals surface area (Å²) in [5, 5.41) is 6.84. The number of hydrogen-bond acceptors (Lipinski definition) is 7. The number of fused-ring (bicyclic) bond motifs is 1. The van der Waals surface area contributed by atoms with Crippen LogP contribution in [0.3, 0.4) is 0 Å². The summed E-state index contributed by atoms with van der Waals surface area (Å²) in [6.07, 6.45) is -0.176. The maximum atomic E-state index is 14.1. The minimum atomic E-state index is -4.60. The summed E-state index contributed by atoms with van der Waals surface area (Å²) in [6, 6.07) is 2.66. The van der Waals surface area contributed by atoms with Crippen LogP contribution in [0.5, 0.6) is 0 Å². The van der Waals surface area contributed by atoms with Gasteiger partial charge in [0.15, 0.2) is 5.82 Å².